The molecule has 29 heavy (non-hydrogen) atoms. The van der Waals surface area contributed by atoms with E-state index in [9.17, 15) is 18.0 Å². The molecule has 5 rings (SSSR count). The number of carbonyl (C=O) groups excluding carboxylic acids is 2. The topological polar surface area (TPSA) is 71.5 Å². The Kier molecular flexibility index (Phi) is 3.76. The van der Waals surface area contributed by atoms with E-state index in [1.54, 1.807) is 17.0 Å². The number of carbonyl (C=O) groups is 2. The summed E-state index contributed by atoms with van der Waals surface area (Å²) in [4.78, 5) is 27.7. The van der Waals surface area contributed by atoms with E-state index in [1.165, 1.54) is 30.3 Å². The van der Waals surface area contributed by atoms with Gasteiger partial charge in [0.05, 0.1) is 9.79 Å². The average molecular weight is 403 g/mol. The van der Waals surface area contributed by atoms with Crippen LogP contribution in [0.5, 0.6) is 0 Å². The van der Waals surface area contributed by atoms with Crippen molar-refractivity contribution in [1.82, 2.24) is 0 Å². The molecule has 0 aliphatic carbocycles. The largest absolute Gasteiger partial charge is 0.305 e. The lowest BCUT2D eigenvalue weighted by Gasteiger charge is -2.24. The smallest absolute Gasteiger partial charge is 0.258 e. The van der Waals surface area contributed by atoms with Gasteiger partial charge < -0.3 is 4.90 Å². The van der Waals surface area contributed by atoms with Crippen LogP contribution in [0.4, 0.5) is 5.69 Å². The summed E-state index contributed by atoms with van der Waals surface area (Å²) in [5, 5.41) is 0. The SMILES string of the molecule is C[C@H]1Cc2ccccc2N1C(=O)c1ccc2c(c1)S(=O)(=O)c1ccccc1C2=O. The molecule has 2 aliphatic heterocycles. The van der Waals surface area contributed by atoms with Gasteiger partial charge in [-0.25, -0.2) is 8.42 Å². The van der Waals surface area contributed by atoms with Crippen LogP contribution in [-0.4, -0.2) is 26.2 Å². The number of ketones is 1. The lowest BCUT2D eigenvalue weighted by Crippen LogP contribution is -2.36. The van der Waals surface area contributed by atoms with Crippen molar-refractivity contribution in [3.05, 3.63) is 89.0 Å². The van der Waals surface area contributed by atoms with E-state index >= 15 is 0 Å². The van der Waals surface area contributed by atoms with Crippen molar-refractivity contribution in [3.63, 3.8) is 0 Å². The van der Waals surface area contributed by atoms with Gasteiger partial charge in [-0.3, -0.25) is 9.59 Å². The number of hydrogen-bond donors (Lipinski definition) is 0. The van der Waals surface area contributed by atoms with Crippen LogP contribution in [0.2, 0.25) is 0 Å². The molecule has 6 heteroatoms. The standard InChI is InChI=1S/C23H17NO4S/c1-14-12-15-6-2-4-8-19(15)24(14)23(26)16-10-11-18-21(13-16)29(27,28)20-9-5-3-7-17(20)22(18)25/h2-11,13-14H,12H2,1H3/t14-/m0/s1. The van der Waals surface area contributed by atoms with Crippen LogP contribution >= 0.6 is 0 Å². The van der Waals surface area contributed by atoms with Crippen molar-refractivity contribution < 1.29 is 18.0 Å². The fourth-order valence-electron chi connectivity index (χ4n) is 4.23. The summed E-state index contributed by atoms with van der Waals surface area (Å²) < 4.78 is 26.2. The fourth-order valence-corrected chi connectivity index (χ4v) is 5.91. The van der Waals surface area contributed by atoms with Gasteiger partial charge in [-0.15, -0.1) is 0 Å². The van der Waals surface area contributed by atoms with Crippen LogP contribution in [0.15, 0.2) is 76.5 Å². The van der Waals surface area contributed by atoms with E-state index in [1.807, 2.05) is 31.2 Å². The number of fused-ring (bicyclic) bond motifs is 3. The number of sulfone groups is 1. The Morgan fingerprint density at radius 3 is 2.45 bits per heavy atom. The summed E-state index contributed by atoms with van der Waals surface area (Å²) in [5.41, 5.74) is 2.45. The predicted molar refractivity (Wildman–Crippen MR) is 108 cm³/mol. The molecule has 0 saturated heterocycles. The van der Waals surface area contributed by atoms with Crippen LogP contribution in [0.1, 0.15) is 38.8 Å². The Hall–Kier alpha value is -3.25. The first-order chi connectivity index (χ1) is 13.9. The minimum absolute atomic E-state index is 0.0121. The van der Waals surface area contributed by atoms with Gasteiger partial charge in [0, 0.05) is 28.4 Å². The van der Waals surface area contributed by atoms with Crippen molar-refractivity contribution in [3.8, 4) is 0 Å². The van der Waals surface area contributed by atoms with E-state index in [0.29, 0.717) is 0 Å². The molecule has 3 aromatic rings. The Morgan fingerprint density at radius 1 is 0.931 bits per heavy atom. The number of hydrogen-bond acceptors (Lipinski definition) is 4. The minimum Gasteiger partial charge on any atom is -0.305 e. The van der Waals surface area contributed by atoms with E-state index in [2.05, 4.69) is 0 Å². The summed E-state index contributed by atoms with van der Waals surface area (Å²) in [6.07, 6.45) is 0.747. The van der Waals surface area contributed by atoms with Crippen molar-refractivity contribution in [2.75, 3.05) is 4.90 Å². The molecule has 2 aliphatic rings. The summed E-state index contributed by atoms with van der Waals surface area (Å²) in [7, 11) is -3.88. The van der Waals surface area contributed by atoms with Crippen LogP contribution < -0.4 is 4.90 Å². The van der Waals surface area contributed by atoms with E-state index in [4.69, 9.17) is 0 Å². The first kappa shape index (κ1) is 17.8. The van der Waals surface area contributed by atoms with Gasteiger partial charge in [0.15, 0.2) is 5.78 Å². The summed E-state index contributed by atoms with van der Waals surface area (Å²) in [6.45, 7) is 1.97. The van der Waals surface area contributed by atoms with Crippen LogP contribution in [0.25, 0.3) is 0 Å². The zero-order valence-corrected chi connectivity index (χ0v) is 16.4. The average Bonchev–Trinajstić information content (AvgIpc) is 3.07. The van der Waals surface area contributed by atoms with Gasteiger partial charge in [-0.1, -0.05) is 30.3 Å². The maximum absolute atomic E-state index is 13.3. The Balaban J connectivity index is 1.63. The summed E-state index contributed by atoms with van der Waals surface area (Å²) >= 11 is 0. The second-order valence-corrected chi connectivity index (χ2v) is 9.28. The van der Waals surface area contributed by atoms with Crippen LogP contribution in [0, 0.1) is 0 Å². The molecule has 1 atom stereocenters. The minimum atomic E-state index is -3.88. The number of benzene rings is 3. The van der Waals surface area contributed by atoms with E-state index in [-0.39, 0.29) is 44.2 Å². The highest BCUT2D eigenvalue weighted by atomic mass is 32.2. The molecular formula is C23H17NO4S. The fraction of sp³-hybridized carbons (Fsp3) is 0.130. The maximum atomic E-state index is 13.3. The van der Waals surface area contributed by atoms with Crippen LogP contribution in [0.3, 0.4) is 0 Å². The quantitative estimate of drug-likeness (QED) is 0.486. The van der Waals surface area contributed by atoms with Gasteiger partial charge in [0.2, 0.25) is 9.84 Å². The molecule has 0 bridgehead atoms. The van der Waals surface area contributed by atoms with Crippen molar-refractivity contribution in [1.29, 1.82) is 0 Å². The van der Waals surface area contributed by atoms with Gasteiger partial charge in [-0.2, -0.15) is 0 Å². The lowest BCUT2D eigenvalue weighted by molar-refractivity contribution is 0.0978. The van der Waals surface area contributed by atoms with Gasteiger partial charge >= 0.3 is 0 Å². The lowest BCUT2D eigenvalue weighted by atomic mass is 10.0. The number of nitrogens with zero attached hydrogens (tertiary/aromatic N) is 1. The predicted octanol–water partition coefficient (Wildman–Crippen LogP) is 3.66. The van der Waals surface area contributed by atoms with E-state index < -0.39 is 9.84 Å². The van der Waals surface area contributed by atoms with Crippen molar-refractivity contribution in [2.45, 2.75) is 29.2 Å². The second kappa shape index (κ2) is 6.12. The third kappa shape index (κ3) is 2.49. The molecule has 0 unspecified atom stereocenters. The zero-order valence-electron chi connectivity index (χ0n) is 15.6. The van der Waals surface area contributed by atoms with Crippen molar-refractivity contribution in [2.24, 2.45) is 0 Å². The van der Waals surface area contributed by atoms with Crippen molar-refractivity contribution >= 4 is 27.2 Å². The molecule has 1 amide bonds. The normalized spacial score (nSPS) is 18.7. The molecule has 2 heterocycles. The Morgan fingerprint density at radius 2 is 1.62 bits per heavy atom. The summed E-state index contributed by atoms with van der Waals surface area (Å²) in [5.74, 6) is -0.615. The molecular weight excluding hydrogens is 386 g/mol. The molecule has 3 aromatic carbocycles. The van der Waals surface area contributed by atoms with Gasteiger partial charge in [0.25, 0.3) is 5.91 Å². The highest BCUT2D eigenvalue weighted by Crippen LogP contribution is 2.37. The molecule has 0 spiro atoms. The number of para-hydroxylation sites is 1. The Labute approximate surface area is 168 Å². The number of rotatable bonds is 1. The highest BCUT2D eigenvalue weighted by Gasteiger charge is 2.36. The number of amides is 1. The molecule has 0 fully saturated rings. The monoisotopic (exact) mass is 403 g/mol. The summed E-state index contributed by atoms with van der Waals surface area (Å²) in [6, 6.07) is 18.2. The first-order valence-corrected chi connectivity index (χ1v) is 10.8. The van der Waals surface area contributed by atoms with Gasteiger partial charge in [0.1, 0.15) is 0 Å². The molecule has 144 valence electrons. The second-order valence-electron chi connectivity index (χ2n) is 7.40. The Bertz CT molecular complexity index is 1310. The van der Waals surface area contributed by atoms with E-state index in [0.717, 1.165) is 17.7 Å². The van der Waals surface area contributed by atoms with Crippen LogP contribution in [-0.2, 0) is 16.3 Å². The zero-order chi connectivity index (χ0) is 20.3. The highest BCUT2D eigenvalue weighted by molar-refractivity contribution is 7.91. The molecule has 0 N–H and O–H groups in total. The molecule has 0 radical (unpaired) electrons. The molecule has 0 saturated carbocycles. The third-order valence-corrected chi connectivity index (χ3v) is 7.46. The third-order valence-electron chi connectivity index (χ3n) is 5.61. The molecule has 5 nitrogen and oxygen atoms in total. The molecule has 0 aromatic heterocycles. The first-order valence-electron chi connectivity index (χ1n) is 9.34. The maximum Gasteiger partial charge on any atom is 0.258 e. The van der Waals surface area contributed by atoms with Gasteiger partial charge in [-0.05, 0) is 55.3 Å². The number of anilines is 1.